The molecule has 3 rings (SSSR count). The van der Waals surface area contributed by atoms with Crippen molar-refractivity contribution in [3.8, 4) is 0 Å². The van der Waals surface area contributed by atoms with Crippen molar-refractivity contribution in [3.63, 3.8) is 0 Å². The largest absolute Gasteiger partial charge is 0.416 e. The van der Waals surface area contributed by atoms with E-state index in [2.05, 4.69) is 10.3 Å². The number of rotatable bonds is 9. The zero-order valence-corrected chi connectivity index (χ0v) is 20.4. The highest BCUT2D eigenvalue weighted by Crippen LogP contribution is 2.38. The molecule has 0 spiro atoms. The van der Waals surface area contributed by atoms with Gasteiger partial charge in [0, 0.05) is 13.7 Å². The van der Waals surface area contributed by atoms with E-state index in [9.17, 15) is 31.1 Å². The van der Waals surface area contributed by atoms with Crippen molar-refractivity contribution >= 4 is 22.8 Å². The Hall–Kier alpha value is -2.09. The van der Waals surface area contributed by atoms with Crippen LogP contribution in [-0.4, -0.2) is 62.5 Å². The average Bonchev–Trinajstić information content (AvgIpc) is 3.15. The van der Waals surface area contributed by atoms with Crippen LogP contribution >= 0.6 is 11.8 Å². The van der Waals surface area contributed by atoms with Gasteiger partial charge in [0.2, 0.25) is 0 Å². The summed E-state index contributed by atoms with van der Waals surface area (Å²) in [4.78, 5) is 18.7. The Morgan fingerprint density at radius 2 is 1.83 bits per heavy atom. The van der Waals surface area contributed by atoms with Crippen molar-refractivity contribution in [2.24, 2.45) is 10.9 Å². The van der Waals surface area contributed by atoms with E-state index in [4.69, 9.17) is 9.47 Å². The highest BCUT2D eigenvalue weighted by atomic mass is 32.2. The molecule has 0 aliphatic carbocycles. The predicted molar refractivity (Wildman–Crippen MR) is 124 cm³/mol. The second-order valence-corrected chi connectivity index (χ2v) is 9.38. The lowest BCUT2D eigenvalue weighted by Crippen LogP contribution is -2.33. The van der Waals surface area contributed by atoms with E-state index in [-0.39, 0.29) is 29.3 Å². The fourth-order valence-electron chi connectivity index (χ4n) is 3.92. The molecule has 6 nitrogen and oxygen atoms in total. The van der Waals surface area contributed by atoms with Gasteiger partial charge in [-0.1, -0.05) is 12.1 Å². The summed E-state index contributed by atoms with van der Waals surface area (Å²) >= 11 is 1.04. The molecule has 2 fully saturated rings. The van der Waals surface area contributed by atoms with Crippen LogP contribution in [0.4, 0.5) is 31.1 Å². The number of nitrogens with one attached hydrogen (secondary N) is 1. The monoisotopic (exact) mass is 539 g/mol. The Morgan fingerprint density at radius 1 is 1.11 bits per heavy atom. The summed E-state index contributed by atoms with van der Waals surface area (Å²) in [5, 5.41) is 2.46. The van der Waals surface area contributed by atoms with Gasteiger partial charge in [0.25, 0.3) is 5.24 Å². The SMILES string of the molecule is COCCOCCN=C1NC(=O)S/C1=C\C1CCN(Cc2ccc(C(F)(F)F)cc2C(F)(F)F)CC1. The number of alkyl halides is 6. The molecule has 0 aromatic heterocycles. The zero-order chi connectivity index (χ0) is 26.3. The maximum absolute atomic E-state index is 13.4. The molecule has 1 aromatic rings. The van der Waals surface area contributed by atoms with Gasteiger partial charge in [0.05, 0.1) is 42.4 Å². The minimum Gasteiger partial charge on any atom is -0.382 e. The number of hydrogen-bond acceptors (Lipinski definition) is 6. The number of ether oxygens (including phenoxy) is 2. The zero-order valence-electron chi connectivity index (χ0n) is 19.5. The number of benzene rings is 1. The first kappa shape index (κ1) is 28.5. The second-order valence-electron chi connectivity index (χ2n) is 8.36. The second kappa shape index (κ2) is 12.4. The molecule has 0 unspecified atom stereocenters. The first-order valence-electron chi connectivity index (χ1n) is 11.3. The Bertz CT molecular complexity index is 973. The number of methoxy groups -OCH3 is 1. The number of hydrogen-bond donors (Lipinski definition) is 1. The summed E-state index contributed by atoms with van der Waals surface area (Å²) in [6.45, 7) is 2.51. The maximum Gasteiger partial charge on any atom is 0.416 e. The Kier molecular flexibility index (Phi) is 9.84. The van der Waals surface area contributed by atoms with E-state index < -0.39 is 23.5 Å². The van der Waals surface area contributed by atoms with Gasteiger partial charge in [-0.15, -0.1) is 0 Å². The quantitative estimate of drug-likeness (QED) is 0.339. The van der Waals surface area contributed by atoms with E-state index >= 15 is 0 Å². The Balaban J connectivity index is 1.59. The van der Waals surface area contributed by atoms with Gasteiger partial charge in [0.1, 0.15) is 5.84 Å². The van der Waals surface area contributed by atoms with E-state index in [0.717, 1.165) is 17.8 Å². The molecule has 200 valence electrons. The predicted octanol–water partition coefficient (Wildman–Crippen LogP) is 5.34. The molecule has 2 saturated heterocycles. The number of amidine groups is 1. The summed E-state index contributed by atoms with van der Waals surface area (Å²) in [7, 11) is 1.57. The molecule has 0 radical (unpaired) electrons. The van der Waals surface area contributed by atoms with Gasteiger partial charge < -0.3 is 14.8 Å². The summed E-state index contributed by atoms with van der Waals surface area (Å²) in [6, 6.07) is 1.78. The van der Waals surface area contributed by atoms with Crippen LogP contribution in [0.15, 0.2) is 34.2 Å². The summed E-state index contributed by atoms with van der Waals surface area (Å²) in [5.74, 6) is 0.566. The topological polar surface area (TPSA) is 63.2 Å². The first-order chi connectivity index (χ1) is 17.0. The fraction of sp³-hybridized carbons (Fsp3) is 0.565. The van der Waals surface area contributed by atoms with E-state index in [1.807, 2.05) is 6.08 Å². The van der Waals surface area contributed by atoms with Crippen molar-refractivity contribution in [2.45, 2.75) is 31.7 Å². The lowest BCUT2D eigenvalue weighted by molar-refractivity contribution is -0.143. The third-order valence-corrected chi connectivity index (χ3v) is 6.59. The maximum atomic E-state index is 13.4. The number of allylic oxidation sites excluding steroid dienone is 1. The van der Waals surface area contributed by atoms with Crippen LogP contribution in [0.1, 0.15) is 29.5 Å². The molecule has 36 heavy (non-hydrogen) atoms. The number of piperidine rings is 1. The number of amides is 1. The molecular formula is C23H27F6N3O3S. The van der Waals surface area contributed by atoms with E-state index in [0.29, 0.717) is 69.1 Å². The summed E-state index contributed by atoms with van der Waals surface area (Å²) < 4.78 is 89.3. The van der Waals surface area contributed by atoms with Crippen LogP contribution in [0.5, 0.6) is 0 Å². The molecule has 2 heterocycles. The van der Waals surface area contributed by atoms with Gasteiger partial charge in [0.15, 0.2) is 0 Å². The van der Waals surface area contributed by atoms with E-state index in [1.165, 1.54) is 0 Å². The first-order valence-corrected chi connectivity index (χ1v) is 12.1. The summed E-state index contributed by atoms with van der Waals surface area (Å²) in [5.41, 5.74) is -2.77. The van der Waals surface area contributed by atoms with Gasteiger partial charge in [-0.25, -0.2) is 0 Å². The molecule has 13 heteroatoms. The molecule has 1 amide bonds. The molecule has 2 aliphatic rings. The number of carbonyl (C=O) groups is 1. The van der Waals surface area contributed by atoms with Crippen molar-refractivity contribution in [1.82, 2.24) is 10.2 Å². The van der Waals surface area contributed by atoms with Crippen LogP contribution in [0.2, 0.25) is 0 Å². The van der Waals surface area contributed by atoms with Crippen LogP contribution in [0.25, 0.3) is 0 Å². The number of nitrogens with zero attached hydrogens (tertiary/aromatic N) is 2. The molecule has 2 aliphatic heterocycles. The number of carbonyl (C=O) groups excluding carboxylic acids is 1. The number of thioether (sulfide) groups is 1. The van der Waals surface area contributed by atoms with Gasteiger partial charge >= 0.3 is 12.4 Å². The van der Waals surface area contributed by atoms with Gasteiger partial charge in [-0.05, 0) is 61.3 Å². The van der Waals surface area contributed by atoms with Crippen LogP contribution < -0.4 is 5.32 Å². The average molecular weight is 540 g/mol. The van der Waals surface area contributed by atoms with Crippen molar-refractivity contribution < 1.29 is 40.6 Å². The van der Waals surface area contributed by atoms with Crippen LogP contribution in [-0.2, 0) is 28.4 Å². The van der Waals surface area contributed by atoms with Crippen LogP contribution in [0, 0.1) is 5.92 Å². The van der Waals surface area contributed by atoms with Crippen LogP contribution in [0.3, 0.4) is 0 Å². The number of halogens is 6. The number of likely N-dealkylation sites (tertiary alicyclic amines) is 1. The smallest absolute Gasteiger partial charge is 0.382 e. The minimum absolute atomic E-state index is 0.0919. The standard InChI is InChI=1S/C23H27F6N3O3S/c1-34-10-11-35-9-6-30-20-19(36-21(33)31-20)12-15-4-7-32(8-5-15)14-16-2-3-17(22(24,25)26)13-18(16)23(27,28)29/h2-3,12-13,15H,4-11,14H2,1H3,(H,30,31,33)/b19-12-. The number of aliphatic imine (C=N–C) groups is 1. The third-order valence-electron chi connectivity index (χ3n) is 5.75. The lowest BCUT2D eigenvalue weighted by Gasteiger charge is -2.31. The summed E-state index contributed by atoms with van der Waals surface area (Å²) in [6.07, 6.45) is -6.52. The molecule has 0 atom stereocenters. The van der Waals surface area contributed by atoms with Crippen molar-refractivity contribution in [1.29, 1.82) is 0 Å². The van der Waals surface area contributed by atoms with Gasteiger partial charge in [-0.3, -0.25) is 14.7 Å². The van der Waals surface area contributed by atoms with Crippen molar-refractivity contribution in [3.05, 3.63) is 45.9 Å². The Labute approximate surface area is 209 Å². The molecule has 1 aromatic carbocycles. The highest BCUT2D eigenvalue weighted by Gasteiger charge is 2.38. The van der Waals surface area contributed by atoms with Gasteiger partial charge in [-0.2, -0.15) is 26.3 Å². The molecular weight excluding hydrogens is 512 g/mol. The molecule has 0 saturated carbocycles. The minimum atomic E-state index is -4.89. The lowest BCUT2D eigenvalue weighted by atomic mass is 9.95. The fourth-order valence-corrected chi connectivity index (χ4v) is 4.74. The van der Waals surface area contributed by atoms with E-state index in [1.54, 1.807) is 12.0 Å². The third kappa shape index (κ3) is 8.22. The Morgan fingerprint density at radius 3 is 2.47 bits per heavy atom. The molecule has 0 bridgehead atoms. The normalized spacial score (nSPS) is 20.5. The molecule has 1 N–H and O–H groups in total. The van der Waals surface area contributed by atoms with Crippen molar-refractivity contribution in [2.75, 3.05) is 46.6 Å². The highest BCUT2D eigenvalue weighted by molar-refractivity contribution is 8.18.